The molecule has 1 spiro atoms. The van der Waals surface area contributed by atoms with Crippen molar-refractivity contribution in [2.75, 3.05) is 26.2 Å². The SMILES string of the molecule is C=CCN(CCCC)C(=O)C1N(CCO)C(=O)[C@@H]2[C@H](C(=O)O)[C@@H]3CCC12S3. The van der Waals surface area contributed by atoms with E-state index in [1.807, 2.05) is 6.92 Å². The number of aliphatic hydroxyl groups excluding tert-OH is 1. The molecule has 0 aliphatic carbocycles. The second kappa shape index (κ2) is 7.83. The van der Waals surface area contributed by atoms with Crippen LogP contribution in [-0.4, -0.2) is 80.1 Å². The van der Waals surface area contributed by atoms with Crippen molar-refractivity contribution in [3.8, 4) is 0 Å². The van der Waals surface area contributed by atoms with Gasteiger partial charge in [0.2, 0.25) is 11.8 Å². The average molecular weight is 397 g/mol. The van der Waals surface area contributed by atoms with E-state index in [-0.39, 0.29) is 30.2 Å². The van der Waals surface area contributed by atoms with Gasteiger partial charge in [-0.3, -0.25) is 14.4 Å². The number of aliphatic carboxylic acids is 1. The number of β-amino-alcohol motifs (C(OH)–C–C–N with tert-alkyl or cyclic N) is 1. The van der Waals surface area contributed by atoms with Gasteiger partial charge in [-0.15, -0.1) is 18.3 Å². The number of carboxylic acid groups (broad SMARTS) is 1. The Morgan fingerprint density at radius 1 is 1.48 bits per heavy atom. The maximum Gasteiger partial charge on any atom is 0.308 e. The first-order chi connectivity index (χ1) is 12.9. The number of unbranched alkanes of at least 4 members (excludes halogenated alkanes) is 1. The fraction of sp³-hybridized carbons (Fsp3) is 0.737. The number of carboxylic acids is 1. The Bertz CT molecular complexity index is 642. The fourth-order valence-corrected chi connectivity index (χ4v) is 7.24. The van der Waals surface area contributed by atoms with Crippen LogP contribution in [0.15, 0.2) is 12.7 Å². The van der Waals surface area contributed by atoms with Gasteiger partial charge in [-0.05, 0) is 19.3 Å². The highest BCUT2D eigenvalue weighted by Crippen LogP contribution is 2.66. The lowest BCUT2D eigenvalue weighted by Crippen LogP contribution is -2.55. The molecule has 27 heavy (non-hydrogen) atoms. The first kappa shape index (κ1) is 20.2. The third-order valence-electron chi connectivity index (χ3n) is 6.10. The third-order valence-corrected chi connectivity index (χ3v) is 8.05. The maximum atomic E-state index is 13.5. The number of hydrogen-bond acceptors (Lipinski definition) is 5. The van der Waals surface area contributed by atoms with Gasteiger partial charge in [0.25, 0.3) is 0 Å². The molecule has 3 aliphatic rings. The van der Waals surface area contributed by atoms with Gasteiger partial charge in [0.05, 0.1) is 23.2 Å². The van der Waals surface area contributed by atoms with Crippen molar-refractivity contribution in [3.05, 3.63) is 12.7 Å². The zero-order valence-corrected chi connectivity index (χ0v) is 16.5. The zero-order chi connectivity index (χ0) is 19.8. The summed E-state index contributed by atoms with van der Waals surface area (Å²) in [6, 6.07) is -0.710. The smallest absolute Gasteiger partial charge is 0.308 e. The fourth-order valence-electron chi connectivity index (χ4n) is 5.03. The summed E-state index contributed by atoms with van der Waals surface area (Å²) < 4.78 is -0.692. The number of rotatable bonds is 9. The van der Waals surface area contributed by atoms with Gasteiger partial charge in [-0.1, -0.05) is 19.4 Å². The van der Waals surface area contributed by atoms with Crippen LogP contribution in [0.2, 0.25) is 0 Å². The Balaban J connectivity index is 1.98. The van der Waals surface area contributed by atoms with Gasteiger partial charge in [-0.2, -0.15) is 0 Å². The van der Waals surface area contributed by atoms with E-state index in [0.717, 1.165) is 12.8 Å². The molecule has 3 rings (SSSR count). The highest BCUT2D eigenvalue weighted by atomic mass is 32.2. The van der Waals surface area contributed by atoms with Crippen molar-refractivity contribution >= 4 is 29.5 Å². The molecule has 2 bridgehead atoms. The molecule has 2 amide bonds. The van der Waals surface area contributed by atoms with Crippen LogP contribution in [0.1, 0.15) is 32.6 Å². The molecule has 0 aromatic heterocycles. The minimum atomic E-state index is -0.960. The van der Waals surface area contributed by atoms with Crippen LogP contribution in [0.5, 0.6) is 0 Å². The molecule has 3 aliphatic heterocycles. The second-order valence-corrected chi connectivity index (χ2v) is 9.18. The quantitative estimate of drug-likeness (QED) is 0.564. The molecule has 2 N–H and O–H groups in total. The van der Waals surface area contributed by atoms with Gasteiger partial charge in [0.1, 0.15) is 6.04 Å². The number of carbonyl (C=O) groups excluding carboxylic acids is 2. The van der Waals surface area contributed by atoms with E-state index in [1.54, 1.807) is 11.0 Å². The number of thioether (sulfide) groups is 1. The largest absolute Gasteiger partial charge is 0.481 e. The third kappa shape index (κ3) is 3.06. The normalized spacial score (nSPS) is 34.0. The number of hydrogen-bond donors (Lipinski definition) is 2. The molecule has 0 aromatic carbocycles. The Morgan fingerprint density at radius 3 is 2.81 bits per heavy atom. The molecule has 5 atom stereocenters. The topological polar surface area (TPSA) is 98.2 Å². The molecule has 3 heterocycles. The van der Waals surface area contributed by atoms with Crippen molar-refractivity contribution in [2.45, 2.75) is 48.6 Å². The monoisotopic (exact) mass is 396 g/mol. The average Bonchev–Trinajstić information content (AvgIpc) is 3.26. The highest BCUT2D eigenvalue weighted by Gasteiger charge is 2.73. The number of likely N-dealkylation sites (tertiary alicyclic amines) is 1. The number of amides is 2. The summed E-state index contributed by atoms with van der Waals surface area (Å²) in [5.74, 6) is -2.83. The summed E-state index contributed by atoms with van der Waals surface area (Å²) >= 11 is 1.52. The lowest BCUT2D eigenvalue weighted by atomic mass is 9.71. The zero-order valence-electron chi connectivity index (χ0n) is 15.7. The summed E-state index contributed by atoms with van der Waals surface area (Å²) in [6.45, 7) is 6.57. The maximum absolute atomic E-state index is 13.5. The van der Waals surface area contributed by atoms with E-state index in [1.165, 1.54) is 16.7 Å². The van der Waals surface area contributed by atoms with Gasteiger partial charge in [-0.25, -0.2) is 0 Å². The number of carbonyl (C=O) groups is 3. The molecule has 8 heteroatoms. The van der Waals surface area contributed by atoms with Crippen LogP contribution in [0, 0.1) is 11.8 Å². The lowest BCUT2D eigenvalue weighted by Gasteiger charge is -2.37. The minimum absolute atomic E-state index is 0.0563. The van der Waals surface area contributed by atoms with E-state index in [9.17, 15) is 24.6 Å². The van der Waals surface area contributed by atoms with E-state index >= 15 is 0 Å². The first-order valence-electron chi connectivity index (χ1n) is 9.64. The molecule has 0 saturated carbocycles. The highest BCUT2D eigenvalue weighted by molar-refractivity contribution is 8.02. The first-order valence-corrected chi connectivity index (χ1v) is 10.5. The molecular weight excluding hydrogens is 368 g/mol. The summed E-state index contributed by atoms with van der Waals surface area (Å²) in [7, 11) is 0. The Hall–Kier alpha value is -1.54. The second-order valence-electron chi connectivity index (χ2n) is 7.58. The summed E-state index contributed by atoms with van der Waals surface area (Å²) in [5, 5.41) is 19.1. The Labute approximate surface area is 163 Å². The molecule has 150 valence electrons. The standard InChI is InChI=1S/C19H28N2O5S/c1-3-5-9-20(8-4-2)17(24)15-19-7-6-12(27-19)13(18(25)26)14(19)16(23)21(15)10-11-22/h4,12-15,22H,2-3,5-11H2,1H3,(H,25,26)/t12-,13+,14-,15?,19?/m0/s1. The van der Waals surface area contributed by atoms with Gasteiger partial charge < -0.3 is 20.0 Å². The molecule has 3 fully saturated rings. The summed E-state index contributed by atoms with van der Waals surface area (Å²) in [6.07, 6.45) is 4.84. The van der Waals surface area contributed by atoms with Crippen molar-refractivity contribution in [1.29, 1.82) is 0 Å². The van der Waals surface area contributed by atoms with Crippen LogP contribution in [0.4, 0.5) is 0 Å². The van der Waals surface area contributed by atoms with Crippen molar-refractivity contribution in [3.63, 3.8) is 0 Å². The van der Waals surface area contributed by atoms with E-state index in [0.29, 0.717) is 25.9 Å². The van der Waals surface area contributed by atoms with Gasteiger partial charge in [0, 0.05) is 24.9 Å². The van der Waals surface area contributed by atoms with Crippen molar-refractivity contribution < 1.29 is 24.6 Å². The van der Waals surface area contributed by atoms with Crippen LogP contribution < -0.4 is 0 Å². The Morgan fingerprint density at radius 2 is 2.22 bits per heavy atom. The summed E-state index contributed by atoms with van der Waals surface area (Å²) in [5.41, 5.74) is 0. The molecule has 7 nitrogen and oxygen atoms in total. The Kier molecular flexibility index (Phi) is 5.86. The van der Waals surface area contributed by atoms with E-state index in [2.05, 4.69) is 6.58 Å². The van der Waals surface area contributed by atoms with Crippen LogP contribution >= 0.6 is 11.8 Å². The predicted molar refractivity (Wildman–Crippen MR) is 102 cm³/mol. The molecule has 3 saturated heterocycles. The lowest BCUT2D eigenvalue weighted by molar-refractivity contribution is -0.148. The van der Waals surface area contributed by atoms with Crippen molar-refractivity contribution in [2.24, 2.45) is 11.8 Å². The minimum Gasteiger partial charge on any atom is -0.481 e. The van der Waals surface area contributed by atoms with Crippen LogP contribution in [-0.2, 0) is 14.4 Å². The number of fused-ring (bicyclic) bond motifs is 1. The number of aliphatic hydroxyl groups is 1. The van der Waals surface area contributed by atoms with E-state index < -0.39 is 28.6 Å². The van der Waals surface area contributed by atoms with E-state index in [4.69, 9.17) is 0 Å². The van der Waals surface area contributed by atoms with Gasteiger partial charge in [0.15, 0.2) is 0 Å². The number of nitrogens with zero attached hydrogens (tertiary/aromatic N) is 2. The molecule has 2 unspecified atom stereocenters. The van der Waals surface area contributed by atoms with Crippen LogP contribution in [0.25, 0.3) is 0 Å². The van der Waals surface area contributed by atoms with Crippen molar-refractivity contribution in [1.82, 2.24) is 9.80 Å². The molecule has 0 aromatic rings. The predicted octanol–water partition coefficient (Wildman–Crippen LogP) is 0.969. The summed E-state index contributed by atoms with van der Waals surface area (Å²) in [4.78, 5) is 41.7. The molecule has 0 radical (unpaired) electrons. The molecular formula is C19H28N2O5S. The van der Waals surface area contributed by atoms with Crippen LogP contribution in [0.3, 0.4) is 0 Å². The van der Waals surface area contributed by atoms with Gasteiger partial charge >= 0.3 is 5.97 Å².